The number of aliphatic hydroxyl groups is 1. The zero-order valence-electron chi connectivity index (χ0n) is 8.62. The monoisotopic (exact) mass is 195 g/mol. The lowest BCUT2D eigenvalue weighted by Crippen LogP contribution is -2.38. The van der Waals surface area contributed by atoms with E-state index >= 15 is 0 Å². The van der Waals surface area contributed by atoms with Gasteiger partial charge in [0.25, 0.3) is 0 Å². The van der Waals surface area contributed by atoms with E-state index in [0.29, 0.717) is 5.82 Å². The smallest absolute Gasteiger partial charge is 0.146 e. The van der Waals surface area contributed by atoms with E-state index in [0.717, 1.165) is 12.1 Å². The van der Waals surface area contributed by atoms with Crippen LogP contribution in [0.2, 0.25) is 0 Å². The number of anilines is 2. The van der Waals surface area contributed by atoms with Crippen molar-refractivity contribution in [2.75, 3.05) is 17.7 Å². The maximum atomic E-state index is 9.21. The highest BCUT2D eigenvalue weighted by atomic mass is 16.3. The third-order valence-electron chi connectivity index (χ3n) is 2.40. The molecule has 0 fully saturated rings. The van der Waals surface area contributed by atoms with Crippen LogP contribution in [0.5, 0.6) is 0 Å². The van der Waals surface area contributed by atoms with E-state index < -0.39 is 0 Å². The Bertz CT molecular complexity index is 297. The quantitative estimate of drug-likeness (QED) is 0.676. The first-order chi connectivity index (χ1) is 6.61. The minimum Gasteiger partial charge on any atom is -0.394 e. The van der Waals surface area contributed by atoms with Crippen LogP contribution in [0, 0.1) is 0 Å². The second-order valence-corrected chi connectivity index (χ2v) is 3.63. The first-order valence-electron chi connectivity index (χ1n) is 4.71. The van der Waals surface area contributed by atoms with Crippen LogP contribution >= 0.6 is 0 Å². The molecule has 78 valence electrons. The molecule has 1 aromatic heterocycles. The first-order valence-corrected chi connectivity index (χ1v) is 4.71. The van der Waals surface area contributed by atoms with E-state index in [-0.39, 0.29) is 12.1 Å². The largest absolute Gasteiger partial charge is 0.394 e. The highest BCUT2D eigenvalue weighted by Crippen LogP contribution is 2.21. The molecule has 0 radical (unpaired) electrons. The molecule has 0 saturated heterocycles. The zero-order valence-corrected chi connectivity index (χ0v) is 8.62. The molecule has 0 saturated carbocycles. The van der Waals surface area contributed by atoms with Gasteiger partial charge in [-0.3, -0.25) is 0 Å². The van der Waals surface area contributed by atoms with Gasteiger partial charge in [-0.05, 0) is 25.5 Å². The summed E-state index contributed by atoms with van der Waals surface area (Å²) in [6, 6.07) is 3.66. The number of nitrogens with one attached hydrogen (secondary N) is 1. The van der Waals surface area contributed by atoms with Crippen molar-refractivity contribution in [3.63, 3.8) is 0 Å². The molecule has 0 aliphatic rings. The summed E-state index contributed by atoms with van der Waals surface area (Å²) < 4.78 is 0. The van der Waals surface area contributed by atoms with Crippen molar-refractivity contribution in [2.24, 2.45) is 0 Å². The minimum absolute atomic E-state index is 0.0673. The summed E-state index contributed by atoms with van der Waals surface area (Å²) in [5, 5.41) is 12.4. The molecular weight excluding hydrogens is 178 g/mol. The fraction of sp³-hybridized carbons (Fsp3) is 0.500. The van der Waals surface area contributed by atoms with Crippen LogP contribution in [0.15, 0.2) is 18.3 Å². The Kier molecular flexibility index (Phi) is 3.30. The molecule has 1 rings (SSSR count). The van der Waals surface area contributed by atoms with Gasteiger partial charge in [0.05, 0.1) is 17.8 Å². The third kappa shape index (κ3) is 2.35. The summed E-state index contributed by atoms with van der Waals surface area (Å²) in [6.45, 7) is 4.02. The Labute approximate surface area is 84.2 Å². The van der Waals surface area contributed by atoms with Gasteiger partial charge < -0.3 is 16.2 Å². The first kappa shape index (κ1) is 10.8. The number of aliphatic hydroxyl groups excluding tert-OH is 1. The molecule has 0 aliphatic heterocycles. The molecule has 4 nitrogen and oxygen atoms in total. The van der Waals surface area contributed by atoms with Crippen LogP contribution in [0.3, 0.4) is 0 Å². The maximum absolute atomic E-state index is 9.21. The summed E-state index contributed by atoms with van der Waals surface area (Å²) >= 11 is 0. The van der Waals surface area contributed by atoms with E-state index in [9.17, 15) is 5.11 Å². The molecule has 0 bridgehead atoms. The number of aromatic nitrogens is 1. The topological polar surface area (TPSA) is 71.2 Å². The van der Waals surface area contributed by atoms with Crippen LogP contribution < -0.4 is 11.1 Å². The third-order valence-corrected chi connectivity index (χ3v) is 2.40. The molecule has 1 unspecified atom stereocenters. The summed E-state index contributed by atoms with van der Waals surface area (Å²) in [6.07, 6.45) is 2.46. The van der Waals surface area contributed by atoms with E-state index in [1.165, 1.54) is 0 Å². The summed E-state index contributed by atoms with van der Waals surface area (Å²) in [5.41, 5.74) is 6.12. The highest BCUT2D eigenvalue weighted by molar-refractivity contribution is 5.62. The van der Waals surface area contributed by atoms with E-state index in [1.54, 1.807) is 6.20 Å². The molecule has 14 heavy (non-hydrogen) atoms. The number of nitrogen functional groups attached to an aromatic ring is 1. The molecule has 1 aromatic rings. The van der Waals surface area contributed by atoms with Gasteiger partial charge in [-0.15, -0.1) is 0 Å². The Balaban J connectivity index is 2.82. The average molecular weight is 195 g/mol. The Morgan fingerprint density at radius 3 is 2.86 bits per heavy atom. The number of hydrogen-bond donors (Lipinski definition) is 3. The van der Waals surface area contributed by atoms with Crippen LogP contribution in [0.1, 0.15) is 20.3 Å². The number of nitrogens with zero attached hydrogens (tertiary/aromatic N) is 1. The van der Waals surface area contributed by atoms with Gasteiger partial charge >= 0.3 is 0 Å². The van der Waals surface area contributed by atoms with Crippen LogP contribution in [0.25, 0.3) is 0 Å². The van der Waals surface area contributed by atoms with Crippen LogP contribution in [-0.4, -0.2) is 22.2 Å². The number of hydrogen-bond acceptors (Lipinski definition) is 4. The van der Waals surface area contributed by atoms with Crippen molar-refractivity contribution in [2.45, 2.75) is 25.8 Å². The van der Waals surface area contributed by atoms with E-state index in [4.69, 9.17) is 5.73 Å². The lowest BCUT2D eigenvalue weighted by Gasteiger charge is -2.28. The number of pyridine rings is 1. The minimum atomic E-state index is -0.336. The molecular formula is C10H17N3O. The maximum Gasteiger partial charge on any atom is 0.146 e. The standard InChI is InChI=1S/C10H17N3O/c1-3-10(2,7-14)13-8-5-4-6-12-9(8)11/h4-6,13-14H,3,7H2,1-2H3,(H2,11,12). The van der Waals surface area contributed by atoms with Crippen LogP contribution in [-0.2, 0) is 0 Å². The summed E-state index contributed by atoms with van der Waals surface area (Å²) in [5.74, 6) is 0.459. The summed E-state index contributed by atoms with van der Waals surface area (Å²) in [4.78, 5) is 3.97. The zero-order chi connectivity index (χ0) is 10.6. The van der Waals surface area contributed by atoms with E-state index in [1.807, 2.05) is 26.0 Å². The van der Waals surface area contributed by atoms with Gasteiger partial charge in [-0.2, -0.15) is 0 Å². The SMILES string of the molecule is CCC(C)(CO)Nc1cccnc1N. The van der Waals surface area contributed by atoms with Crippen molar-refractivity contribution in [3.8, 4) is 0 Å². The van der Waals surface area contributed by atoms with Gasteiger partial charge in [-0.25, -0.2) is 4.98 Å². The Morgan fingerprint density at radius 1 is 1.64 bits per heavy atom. The van der Waals surface area contributed by atoms with Gasteiger partial charge in [0.1, 0.15) is 5.82 Å². The van der Waals surface area contributed by atoms with Gasteiger partial charge in [0.15, 0.2) is 0 Å². The molecule has 4 N–H and O–H groups in total. The number of nitrogens with two attached hydrogens (primary N) is 1. The molecule has 0 amide bonds. The van der Waals surface area contributed by atoms with Crippen molar-refractivity contribution >= 4 is 11.5 Å². The van der Waals surface area contributed by atoms with Crippen molar-refractivity contribution in [1.29, 1.82) is 0 Å². The molecule has 0 aromatic carbocycles. The fourth-order valence-corrected chi connectivity index (χ4v) is 1.09. The second-order valence-electron chi connectivity index (χ2n) is 3.63. The molecule has 1 atom stereocenters. The summed E-state index contributed by atoms with van der Waals surface area (Å²) in [7, 11) is 0. The van der Waals surface area contributed by atoms with Gasteiger partial charge in [0.2, 0.25) is 0 Å². The highest BCUT2D eigenvalue weighted by Gasteiger charge is 2.21. The predicted octanol–water partition coefficient (Wildman–Crippen LogP) is 1.24. The Morgan fingerprint density at radius 2 is 2.36 bits per heavy atom. The molecule has 4 heteroatoms. The van der Waals surface area contributed by atoms with Crippen molar-refractivity contribution in [3.05, 3.63) is 18.3 Å². The van der Waals surface area contributed by atoms with Crippen LogP contribution in [0.4, 0.5) is 11.5 Å². The second kappa shape index (κ2) is 4.28. The van der Waals surface area contributed by atoms with Crippen molar-refractivity contribution < 1.29 is 5.11 Å². The average Bonchev–Trinajstić information content (AvgIpc) is 2.21. The Hall–Kier alpha value is -1.29. The molecule has 1 heterocycles. The lowest BCUT2D eigenvalue weighted by molar-refractivity contribution is 0.219. The predicted molar refractivity (Wildman–Crippen MR) is 58.1 cm³/mol. The van der Waals surface area contributed by atoms with Gasteiger partial charge in [-0.1, -0.05) is 6.92 Å². The number of rotatable bonds is 4. The molecule has 0 spiro atoms. The lowest BCUT2D eigenvalue weighted by atomic mass is 10.00. The fourth-order valence-electron chi connectivity index (χ4n) is 1.09. The normalized spacial score (nSPS) is 14.8. The van der Waals surface area contributed by atoms with Crippen molar-refractivity contribution in [1.82, 2.24) is 4.98 Å². The van der Waals surface area contributed by atoms with Gasteiger partial charge in [0, 0.05) is 6.20 Å². The van der Waals surface area contributed by atoms with E-state index in [2.05, 4.69) is 10.3 Å². The molecule has 0 aliphatic carbocycles.